The summed E-state index contributed by atoms with van der Waals surface area (Å²) in [6.45, 7) is 2.97. The van der Waals surface area contributed by atoms with Gasteiger partial charge in [-0.2, -0.15) is 15.6 Å². The normalized spacial score (nSPS) is 14.9. The number of aryl methyl sites for hydroxylation is 1. The molecule has 0 bridgehead atoms. The van der Waals surface area contributed by atoms with E-state index in [1.807, 2.05) is 29.8 Å². The Balaban J connectivity index is 1.54. The van der Waals surface area contributed by atoms with Gasteiger partial charge in [-0.1, -0.05) is 29.8 Å². The number of nitrogens with zero attached hydrogens (tertiary/aromatic N) is 3. The van der Waals surface area contributed by atoms with Gasteiger partial charge in [-0.15, -0.1) is 0 Å². The van der Waals surface area contributed by atoms with Crippen LogP contribution in [0.4, 0.5) is 0 Å². The van der Waals surface area contributed by atoms with Gasteiger partial charge in [0.25, 0.3) is 10.0 Å². The van der Waals surface area contributed by atoms with Crippen molar-refractivity contribution in [2.24, 2.45) is 0 Å². The van der Waals surface area contributed by atoms with E-state index in [2.05, 4.69) is 4.98 Å². The highest BCUT2D eigenvalue weighted by atomic mass is 32.2. The Bertz CT molecular complexity index is 1840. The molecule has 7 nitrogen and oxygen atoms in total. The van der Waals surface area contributed by atoms with Gasteiger partial charge in [0.15, 0.2) is 5.65 Å². The first kappa shape index (κ1) is 25.0. The minimum Gasteiger partial charge on any atom is -0.237 e. The maximum Gasteiger partial charge on any atom is 0.269 e. The van der Waals surface area contributed by atoms with Gasteiger partial charge >= 0.3 is 0 Å². The van der Waals surface area contributed by atoms with Crippen LogP contribution in [0.25, 0.3) is 33.3 Å². The van der Waals surface area contributed by atoms with E-state index in [-0.39, 0.29) is 9.79 Å². The van der Waals surface area contributed by atoms with Crippen LogP contribution >= 0.6 is 11.3 Å². The summed E-state index contributed by atoms with van der Waals surface area (Å²) in [4.78, 5) is 4.90. The average Bonchev–Trinajstić information content (AvgIpc) is 3.70. The molecule has 5 aromatic rings. The Morgan fingerprint density at radius 1 is 0.763 bits per heavy atom. The molecule has 194 valence electrons. The minimum atomic E-state index is -3.94. The zero-order valence-corrected chi connectivity index (χ0v) is 23.1. The quantitative estimate of drug-likeness (QED) is 0.262. The van der Waals surface area contributed by atoms with Crippen LogP contribution in [0.15, 0.2) is 93.6 Å². The van der Waals surface area contributed by atoms with Gasteiger partial charge in [0.05, 0.1) is 9.79 Å². The standard InChI is InChI=1S/C28H25N3O4S3/c1-20-4-8-24(9-5-20)38(34,35)31-18-26(27-25(12-14-29-28(27)31)22-13-17-36-19-22)21-6-10-23(11-7-21)37(32,33)30-15-2-3-16-30/h4-14,17-19H,2-3,15-16H2,1H3. The van der Waals surface area contributed by atoms with Gasteiger partial charge in [-0.3, -0.25) is 0 Å². The molecule has 0 amide bonds. The van der Waals surface area contributed by atoms with Crippen molar-refractivity contribution in [3.63, 3.8) is 0 Å². The maximum atomic E-state index is 13.8. The zero-order chi connectivity index (χ0) is 26.5. The highest BCUT2D eigenvalue weighted by molar-refractivity contribution is 7.90. The smallest absolute Gasteiger partial charge is 0.237 e. The highest BCUT2D eigenvalue weighted by Gasteiger charge is 2.28. The number of thiophene rings is 1. The van der Waals surface area contributed by atoms with Gasteiger partial charge in [-0.05, 0) is 83.6 Å². The summed E-state index contributed by atoms with van der Waals surface area (Å²) in [7, 11) is -7.50. The number of fused-ring (bicyclic) bond motifs is 1. The molecule has 38 heavy (non-hydrogen) atoms. The van der Waals surface area contributed by atoms with Crippen molar-refractivity contribution < 1.29 is 16.8 Å². The molecule has 0 saturated carbocycles. The third-order valence-corrected chi connectivity index (χ3v) is 11.2. The monoisotopic (exact) mass is 563 g/mol. The number of pyridine rings is 1. The molecule has 6 rings (SSSR count). The fraction of sp³-hybridized carbons (Fsp3) is 0.179. The van der Waals surface area contributed by atoms with Crippen LogP contribution in [0.5, 0.6) is 0 Å². The summed E-state index contributed by atoms with van der Waals surface area (Å²) in [5.74, 6) is 0. The van der Waals surface area contributed by atoms with E-state index in [0.717, 1.165) is 29.5 Å². The van der Waals surface area contributed by atoms with E-state index in [1.54, 1.807) is 72.3 Å². The second-order valence-corrected chi connectivity index (χ2v) is 13.9. The van der Waals surface area contributed by atoms with Crippen LogP contribution in [0, 0.1) is 6.92 Å². The molecule has 1 aliphatic rings. The number of hydrogen-bond donors (Lipinski definition) is 0. The molecule has 0 radical (unpaired) electrons. The Labute approximate surface area is 226 Å². The molecule has 1 aliphatic heterocycles. The molecule has 2 aromatic carbocycles. The average molecular weight is 564 g/mol. The molecule has 0 unspecified atom stereocenters. The van der Waals surface area contributed by atoms with Crippen molar-refractivity contribution in [3.05, 3.63) is 89.4 Å². The largest absolute Gasteiger partial charge is 0.269 e. The predicted octanol–water partition coefficient (Wildman–Crippen LogP) is 5.76. The van der Waals surface area contributed by atoms with E-state index < -0.39 is 20.0 Å². The van der Waals surface area contributed by atoms with Crippen LogP contribution in [0.2, 0.25) is 0 Å². The Hall–Kier alpha value is -3.31. The molecule has 1 fully saturated rings. The second-order valence-electron chi connectivity index (χ2n) is 9.36. The van der Waals surface area contributed by atoms with Gasteiger partial charge in [0, 0.05) is 36.4 Å². The van der Waals surface area contributed by atoms with E-state index in [1.165, 1.54) is 8.28 Å². The van der Waals surface area contributed by atoms with Crippen molar-refractivity contribution in [1.29, 1.82) is 0 Å². The molecule has 0 N–H and O–H groups in total. The number of rotatable bonds is 6. The van der Waals surface area contributed by atoms with Crippen LogP contribution < -0.4 is 0 Å². The summed E-state index contributed by atoms with van der Waals surface area (Å²) in [5, 5.41) is 4.67. The molecule has 1 saturated heterocycles. The Morgan fingerprint density at radius 3 is 2.08 bits per heavy atom. The molecule has 0 spiro atoms. The van der Waals surface area contributed by atoms with E-state index in [9.17, 15) is 16.8 Å². The summed E-state index contributed by atoms with van der Waals surface area (Å²) in [5.41, 5.74) is 4.47. The number of aromatic nitrogens is 2. The summed E-state index contributed by atoms with van der Waals surface area (Å²) < 4.78 is 56.4. The van der Waals surface area contributed by atoms with Crippen molar-refractivity contribution in [3.8, 4) is 22.3 Å². The highest BCUT2D eigenvalue weighted by Crippen LogP contribution is 2.39. The lowest BCUT2D eigenvalue weighted by atomic mass is 10.00. The van der Waals surface area contributed by atoms with Gasteiger partial charge in [-0.25, -0.2) is 25.8 Å². The van der Waals surface area contributed by atoms with Crippen molar-refractivity contribution >= 4 is 42.4 Å². The number of sulfonamides is 1. The first-order chi connectivity index (χ1) is 18.3. The first-order valence-corrected chi connectivity index (χ1v) is 16.0. The third kappa shape index (κ3) is 4.17. The lowest BCUT2D eigenvalue weighted by molar-refractivity contribution is 0.477. The number of hydrogen-bond acceptors (Lipinski definition) is 6. The summed E-state index contributed by atoms with van der Waals surface area (Å²) in [6.07, 6.45) is 4.94. The van der Waals surface area contributed by atoms with E-state index in [4.69, 9.17) is 0 Å². The zero-order valence-electron chi connectivity index (χ0n) is 20.6. The number of benzene rings is 2. The molecular weight excluding hydrogens is 539 g/mol. The van der Waals surface area contributed by atoms with Crippen LogP contribution in [-0.2, 0) is 20.0 Å². The maximum absolute atomic E-state index is 13.8. The van der Waals surface area contributed by atoms with Crippen LogP contribution in [-0.4, -0.2) is 43.2 Å². The fourth-order valence-electron chi connectivity index (χ4n) is 4.89. The third-order valence-electron chi connectivity index (χ3n) is 6.93. The second kappa shape index (κ2) is 9.46. The molecular formula is C28H25N3O4S3. The molecule has 4 heterocycles. The topological polar surface area (TPSA) is 89.3 Å². The summed E-state index contributed by atoms with van der Waals surface area (Å²) in [6, 6.07) is 17.3. The van der Waals surface area contributed by atoms with Crippen molar-refractivity contribution in [2.45, 2.75) is 29.6 Å². The van der Waals surface area contributed by atoms with Gasteiger partial charge in [0.2, 0.25) is 10.0 Å². The van der Waals surface area contributed by atoms with Crippen LogP contribution in [0.3, 0.4) is 0 Å². The SMILES string of the molecule is Cc1ccc(S(=O)(=O)n2cc(-c3ccc(S(=O)(=O)N4CCCC4)cc3)c3c(-c4ccsc4)ccnc32)cc1. The fourth-order valence-corrected chi connectivity index (χ4v) is 8.38. The van der Waals surface area contributed by atoms with Gasteiger partial charge in [0.1, 0.15) is 0 Å². The van der Waals surface area contributed by atoms with Crippen molar-refractivity contribution in [1.82, 2.24) is 13.3 Å². The van der Waals surface area contributed by atoms with Crippen LogP contribution in [0.1, 0.15) is 18.4 Å². The Morgan fingerprint density at radius 2 is 1.42 bits per heavy atom. The lowest BCUT2D eigenvalue weighted by Crippen LogP contribution is -2.27. The Kier molecular flexibility index (Phi) is 6.22. The predicted molar refractivity (Wildman–Crippen MR) is 150 cm³/mol. The minimum absolute atomic E-state index is 0.168. The molecule has 0 aliphatic carbocycles. The van der Waals surface area contributed by atoms with E-state index in [0.29, 0.717) is 35.2 Å². The first-order valence-electron chi connectivity index (χ1n) is 12.2. The van der Waals surface area contributed by atoms with Gasteiger partial charge < -0.3 is 0 Å². The molecule has 3 aromatic heterocycles. The lowest BCUT2D eigenvalue weighted by Gasteiger charge is -2.15. The molecule has 10 heteroatoms. The summed E-state index contributed by atoms with van der Waals surface area (Å²) >= 11 is 1.56. The van der Waals surface area contributed by atoms with Crippen molar-refractivity contribution in [2.75, 3.05) is 13.1 Å². The van der Waals surface area contributed by atoms with E-state index >= 15 is 0 Å². The molecule has 0 atom stereocenters.